The predicted octanol–water partition coefficient (Wildman–Crippen LogP) is 2.67. The van der Waals surface area contributed by atoms with E-state index in [4.69, 9.17) is 14.2 Å². The van der Waals surface area contributed by atoms with Crippen molar-refractivity contribution >= 4 is 11.6 Å². The Morgan fingerprint density at radius 1 is 0.846 bits per heavy atom. The molecule has 1 aliphatic heterocycles. The second-order valence-corrected chi connectivity index (χ2v) is 6.02. The third-order valence-corrected chi connectivity index (χ3v) is 4.64. The van der Waals surface area contributed by atoms with E-state index in [9.17, 15) is 4.79 Å². The number of para-hydroxylation sites is 1. The van der Waals surface area contributed by atoms with Crippen molar-refractivity contribution in [3.05, 3.63) is 48.0 Å². The van der Waals surface area contributed by atoms with E-state index in [2.05, 4.69) is 4.90 Å². The summed E-state index contributed by atoms with van der Waals surface area (Å²) >= 11 is 0. The molecule has 0 saturated carbocycles. The molecule has 138 valence electrons. The fourth-order valence-electron chi connectivity index (χ4n) is 3.19. The molecule has 0 spiro atoms. The Labute approximate surface area is 153 Å². The Bertz CT molecular complexity index is 753. The van der Waals surface area contributed by atoms with Crippen LogP contribution in [0.4, 0.5) is 5.69 Å². The molecule has 0 bridgehead atoms. The van der Waals surface area contributed by atoms with Crippen molar-refractivity contribution in [2.75, 3.05) is 52.4 Å². The Balaban J connectivity index is 1.69. The molecule has 0 N–H and O–H groups in total. The average molecular weight is 356 g/mol. The summed E-state index contributed by atoms with van der Waals surface area (Å²) in [6.45, 7) is 2.88. The van der Waals surface area contributed by atoms with E-state index in [0.29, 0.717) is 30.2 Å². The lowest BCUT2D eigenvalue weighted by atomic mass is 10.1. The third kappa shape index (κ3) is 3.54. The molecular formula is C20H24N2O4. The summed E-state index contributed by atoms with van der Waals surface area (Å²) in [5.41, 5.74) is 1.67. The van der Waals surface area contributed by atoms with Crippen molar-refractivity contribution in [2.24, 2.45) is 0 Å². The van der Waals surface area contributed by atoms with E-state index in [0.717, 1.165) is 24.5 Å². The molecule has 1 saturated heterocycles. The molecule has 0 unspecified atom stereocenters. The summed E-state index contributed by atoms with van der Waals surface area (Å²) in [5.74, 6) is 1.86. The van der Waals surface area contributed by atoms with Crippen LogP contribution < -0.4 is 19.1 Å². The van der Waals surface area contributed by atoms with Crippen molar-refractivity contribution in [1.29, 1.82) is 0 Å². The Morgan fingerprint density at radius 2 is 1.54 bits per heavy atom. The maximum atomic E-state index is 12.9. The molecule has 1 amide bonds. The van der Waals surface area contributed by atoms with Crippen LogP contribution in [0.3, 0.4) is 0 Å². The maximum absolute atomic E-state index is 12.9. The van der Waals surface area contributed by atoms with Gasteiger partial charge in [-0.3, -0.25) is 4.79 Å². The number of ether oxygens (including phenoxy) is 3. The van der Waals surface area contributed by atoms with E-state index >= 15 is 0 Å². The summed E-state index contributed by atoms with van der Waals surface area (Å²) in [7, 11) is 4.78. The molecule has 0 radical (unpaired) electrons. The van der Waals surface area contributed by atoms with Gasteiger partial charge in [-0.1, -0.05) is 6.07 Å². The molecule has 1 aliphatic rings. The highest BCUT2D eigenvalue weighted by atomic mass is 16.5. The first kappa shape index (κ1) is 17.9. The van der Waals surface area contributed by atoms with Crippen LogP contribution in [-0.4, -0.2) is 58.3 Å². The molecule has 6 heteroatoms. The van der Waals surface area contributed by atoms with E-state index in [-0.39, 0.29) is 5.91 Å². The molecule has 1 heterocycles. The van der Waals surface area contributed by atoms with Gasteiger partial charge in [0, 0.05) is 31.9 Å². The van der Waals surface area contributed by atoms with Crippen LogP contribution in [0.2, 0.25) is 0 Å². The van der Waals surface area contributed by atoms with Crippen LogP contribution in [0.25, 0.3) is 0 Å². The number of carbonyl (C=O) groups is 1. The third-order valence-electron chi connectivity index (χ3n) is 4.64. The number of piperazine rings is 1. The van der Waals surface area contributed by atoms with Crippen molar-refractivity contribution in [1.82, 2.24) is 4.90 Å². The topological polar surface area (TPSA) is 51.2 Å². The molecule has 0 atom stereocenters. The van der Waals surface area contributed by atoms with E-state index in [1.54, 1.807) is 33.5 Å². The number of hydrogen-bond donors (Lipinski definition) is 0. The normalized spacial score (nSPS) is 14.1. The minimum absolute atomic E-state index is 0.0323. The fourth-order valence-corrected chi connectivity index (χ4v) is 3.19. The van der Waals surface area contributed by atoms with Crippen LogP contribution in [0.1, 0.15) is 10.4 Å². The lowest BCUT2D eigenvalue weighted by molar-refractivity contribution is 0.0742. The zero-order valence-electron chi connectivity index (χ0n) is 15.4. The van der Waals surface area contributed by atoms with Crippen LogP contribution in [0, 0.1) is 0 Å². The molecule has 0 aromatic heterocycles. The number of methoxy groups -OCH3 is 3. The van der Waals surface area contributed by atoms with Crippen molar-refractivity contribution in [2.45, 2.75) is 0 Å². The summed E-state index contributed by atoms with van der Waals surface area (Å²) in [4.78, 5) is 17.1. The molecule has 3 rings (SSSR count). The molecule has 1 fully saturated rings. The average Bonchev–Trinajstić information content (AvgIpc) is 2.72. The van der Waals surface area contributed by atoms with Crippen LogP contribution >= 0.6 is 0 Å². The van der Waals surface area contributed by atoms with Gasteiger partial charge in [0.15, 0.2) is 11.5 Å². The van der Waals surface area contributed by atoms with Gasteiger partial charge >= 0.3 is 0 Å². The Morgan fingerprint density at radius 3 is 2.12 bits per heavy atom. The van der Waals surface area contributed by atoms with Gasteiger partial charge in [0.2, 0.25) is 0 Å². The Hall–Kier alpha value is -2.89. The molecule has 0 aliphatic carbocycles. The maximum Gasteiger partial charge on any atom is 0.257 e. The minimum atomic E-state index is -0.0323. The number of benzene rings is 2. The molecular weight excluding hydrogens is 332 g/mol. The quantitative estimate of drug-likeness (QED) is 0.824. The van der Waals surface area contributed by atoms with Crippen LogP contribution in [0.5, 0.6) is 17.2 Å². The first-order valence-corrected chi connectivity index (χ1v) is 8.57. The number of carbonyl (C=O) groups excluding carboxylic acids is 1. The standard InChI is InChI=1S/C20H24N2O4/c1-24-16-9-7-15(8-10-16)21-11-13-22(14-12-21)20(23)17-5-4-6-18(25-2)19(17)26-3/h4-10H,11-14H2,1-3H3. The van der Waals surface area contributed by atoms with E-state index in [1.165, 1.54) is 0 Å². The molecule has 2 aromatic carbocycles. The number of anilines is 1. The second-order valence-electron chi connectivity index (χ2n) is 6.02. The van der Waals surface area contributed by atoms with Crippen molar-refractivity contribution < 1.29 is 19.0 Å². The van der Waals surface area contributed by atoms with Gasteiger partial charge in [-0.05, 0) is 36.4 Å². The monoisotopic (exact) mass is 356 g/mol. The lowest BCUT2D eigenvalue weighted by Crippen LogP contribution is -2.48. The van der Waals surface area contributed by atoms with Gasteiger partial charge in [0.25, 0.3) is 5.91 Å². The van der Waals surface area contributed by atoms with Gasteiger partial charge in [-0.15, -0.1) is 0 Å². The highest BCUT2D eigenvalue weighted by Crippen LogP contribution is 2.32. The van der Waals surface area contributed by atoms with Crippen LogP contribution in [0.15, 0.2) is 42.5 Å². The number of hydrogen-bond acceptors (Lipinski definition) is 5. The zero-order valence-corrected chi connectivity index (χ0v) is 15.4. The highest BCUT2D eigenvalue weighted by Gasteiger charge is 2.25. The lowest BCUT2D eigenvalue weighted by Gasteiger charge is -2.36. The van der Waals surface area contributed by atoms with Gasteiger partial charge in [-0.25, -0.2) is 0 Å². The molecule has 2 aromatic rings. The van der Waals surface area contributed by atoms with Gasteiger partial charge in [0.05, 0.1) is 26.9 Å². The Kier molecular flexibility index (Phi) is 5.51. The van der Waals surface area contributed by atoms with Crippen LogP contribution in [-0.2, 0) is 0 Å². The first-order chi connectivity index (χ1) is 12.7. The summed E-state index contributed by atoms with van der Waals surface area (Å²) in [6, 6.07) is 13.4. The highest BCUT2D eigenvalue weighted by molar-refractivity contribution is 5.98. The van der Waals surface area contributed by atoms with Gasteiger partial charge in [0.1, 0.15) is 5.75 Å². The number of nitrogens with zero attached hydrogens (tertiary/aromatic N) is 2. The largest absolute Gasteiger partial charge is 0.497 e. The van der Waals surface area contributed by atoms with Gasteiger partial charge < -0.3 is 24.0 Å². The fraction of sp³-hybridized carbons (Fsp3) is 0.350. The van der Waals surface area contributed by atoms with Gasteiger partial charge in [-0.2, -0.15) is 0 Å². The smallest absolute Gasteiger partial charge is 0.257 e. The van der Waals surface area contributed by atoms with Crippen molar-refractivity contribution in [3.63, 3.8) is 0 Å². The van der Waals surface area contributed by atoms with Crippen molar-refractivity contribution in [3.8, 4) is 17.2 Å². The SMILES string of the molecule is COc1ccc(N2CCN(C(=O)c3cccc(OC)c3OC)CC2)cc1. The van der Waals surface area contributed by atoms with E-state index in [1.807, 2.05) is 35.2 Å². The number of amides is 1. The summed E-state index contributed by atoms with van der Waals surface area (Å²) < 4.78 is 15.9. The zero-order chi connectivity index (χ0) is 18.5. The first-order valence-electron chi connectivity index (χ1n) is 8.57. The predicted molar refractivity (Wildman–Crippen MR) is 101 cm³/mol. The molecule has 6 nitrogen and oxygen atoms in total. The summed E-state index contributed by atoms with van der Waals surface area (Å²) in [6.07, 6.45) is 0. The van der Waals surface area contributed by atoms with E-state index < -0.39 is 0 Å². The second kappa shape index (κ2) is 7.99. The number of rotatable bonds is 5. The summed E-state index contributed by atoms with van der Waals surface area (Å²) in [5, 5.41) is 0. The molecule has 26 heavy (non-hydrogen) atoms. The minimum Gasteiger partial charge on any atom is -0.497 e.